The lowest BCUT2D eigenvalue weighted by Crippen LogP contribution is -2.28. The van der Waals surface area contributed by atoms with Crippen molar-refractivity contribution in [2.45, 2.75) is 26.8 Å². The Bertz CT molecular complexity index is 901. The van der Waals surface area contributed by atoms with E-state index in [1.165, 1.54) is 22.3 Å². The van der Waals surface area contributed by atoms with E-state index in [1.807, 2.05) is 12.1 Å². The minimum absolute atomic E-state index is 0.770. The molecule has 4 rings (SSSR count). The molecule has 0 atom stereocenters. The normalized spacial score (nSPS) is 15.6. The summed E-state index contributed by atoms with van der Waals surface area (Å²) >= 11 is 5.95. The van der Waals surface area contributed by atoms with E-state index < -0.39 is 0 Å². The zero-order chi connectivity index (χ0) is 17.4. The molecular formula is C21H21ClN2O. The van der Waals surface area contributed by atoms with Crippen LogP contribution >= 0.6 is 11.6 Å². The standard InChI is InChI=1S/C21H21ClN2O/c1-14-11-19-20(12-15(14)2)25-21(23-19)17-7-9-24(10-8-17)13-16-3-5-18(22)6-4-16/h3-7,11-12H,8-10,13H2,1-2H3. The van der Waals surface area contributed by atoms with Gasteiger partial charge in [-0.25, -0.2) is 4.98 Å². The third-order valence-electron chi connectivity index (χ3n) is 4.89. The lowest BCUT2D eigenvalue weighted by Gasteiger charge is -2.25. The molecule has 0 bridgehead atoms. The summed E-state index contributed by atoms with van der Waals surface area (Å²) in [5.74, 6) is 0.770. The number of hydrogen-bond donors (Lipinski definition) is 0. The Morgan fingerprint density at radius 3 is 2.60 bits per heavy atom. The van der Waals surface area contributed by atoms with Crippen LogP contribution in [0.1, 0.15) is 29.0 Å². The summed E-state index contributed by atoms with van der Waals surface area (Å²) in [6.07, 6.45) is 3.20. The highest BCUT2D eigenvalue weighted by atomic mass is 35.5. The lowest BCUT2D eigenvalue weighted by molar-refractivity contribution is 0.292. The molecule has 4 heteroatoms. The number of nitrogens with zero attached hydrogens (tertiary/aromatic N) is 2. The summed E-state index contributed by atoms with van der Waals surface area (Å²) in [5, 5.41) is 0.783. The van der Waals surface area contributed by atoms with Crippen molar-refractivity contribution in [1.29, 1.82) is 0 Å². The molecular weight excluding hydrogens is 332 g/mol. The third kappa shape index (κ3) is 3.48. The molecule has 25 heavy (non-hydrogen) atoms. The van der Waals surface area contributed by atoms with Gasteiger partial charge in [0.25, 0.3) is 0 Å². The summed E-state index contributed by atoms with van der Waals surface area (Å²) in [7, 11) is 0. The van der Waals surface area contributed by atoms with Crippen LogP contribution < -0.4 is 0 Å². The minimum Gasteiger partial charge on any atom is -0.436 e. The number of benzene rings is 2. The van der Waals surface area contributed by atoms with Crippen LogP contribution in [0.4, 0.5) is 0 Å². The van der Waals surface area contributed by atoms with E-state index in [4.69, 9.17) is 16.0 Å². The fourth-order valence-electron chi connectivity index (χ4n) is 3.21. The van der Waals surface area contributed by atoms with Crippen molar-refractivity contribution in [3.63, 3.8) is 0 Å². The van der Waals surface area contributed by atoms with Crippen molar-refractivity contribution < 1.29 is 4.42 Å². The largest absolute Gasteiger partial charge is 0.436 e. The number of oxazole rings is 1. The molecule has 0 aliphatic carbocycles. The first-order valence-corrected chi connectivity index (χ1v) is 9.00. The van der Waals surface area contributed by atoms with Crippen LogP contribution in [0.2, 0.25) is 5.02 Å². The molecule has 1 aliphatic rings. The SMILES string of the molecule is Cc1cc2nc(C3=CCN(Cc4ccc(Cl)cc4)CC3)oc2cc1C. The van der Waals surface area contributed by atoms with Gasteiger partial charge in [-0.1, -0.05) is 29.8 Å². The maximum absolute atomic E-state index is 6.00. The topological polar surface area (TPSA) is 29.3 Å². The average Bonchev–Trinajstić information content (AvgIpc) is 3.01. The second kappa shape index (κ2) is 6.66. The molecule has 1 aromatic heterocycles. The Labute approximate surface area is 152 Å². The lowest BCUT2D eigenvalue weighted by atomic mass is 10.1. The molecule has 0 spiro atoms. The Kier molecular flexibility index (Phi) is 4.36. The molecule has 1 aliphatic heterocycles. The number of rotatable bonds is 3. The Morgan fingerprint density at radius 1 is 1.12 bits per heavy atom. The van der Waals surface area contributed by atoms with Gasteiger partial charge in [0.05, 0.1) is 0 Å². The highest BCUT2D eigenvalue weighted by molar-refractivity contribution is 6.30. The van der Waals surface area contributed by atoms with Gasteiger partial charge in [-0.3, -0.25) is 4.90 Å². The molecule has 0 saturated carbocycles. The van der Waals surface area contributed by atoms with Crippen LogP contribution in [0.3, 0.4) is 0 Å². The van der Waals surface area contributed by atoms with Gasteiger partial charge < -0.3 is 4.42 Å². The van der Waals surface area contributed by atoms with E-state index in [-0.39, 0.29) is 0 Å². The molecule has 0 amide bonds. The van der Waals surface area contributed by atoms with Crippen LogP contribution in [0, 0.1) is 13.8 Å². The molecule has 0 N–H and O–H groups in total. The molecule has 2 aromatic carbocycles. The number of hydrogen-bond acceptors (Lipinski definition) is 3. The summed E-state index contributed by atoms with van der Waals surface area (Å²) in [6.45, 7) is 7.07. The van der Waals surface area contributed by atoms with Crippen LogP contribution in [0.25, 0.3) is 16.7 Å². The fraction of sp³-hybridized carbons (Fsp3) is 0.286. The van der Waals surface area contributed by atoms with Crippen LogP contribution in [0.5, 0.6) is 0 Å². The third-order valence-corrected chi connectivity index (χ3v) is 5.14. The zero-order valence-electron chi connectivity index (χ0n) is 14.6. The maximum atomic E-state index is 6.00. The van der Waals surface area contributed by atoms with E-state index in [0.29, 0.717) is 0 Å². The van der Waals surface area contributed by atoms with Crippen LogP contribution in [-0.2, 0) is 6.54 Å². The van der Waals surface area contributed by atoms with E-state index in [1.54, 1.807) is 0 Å². The Hall–Kier alpha value is -2.10. The van der Waals surface area contributed by atoms with Gasteiger partial charge in [0.2, 0.25) is 5.89 Å². The van der Waals surface area contributed by atoms with Gasteiger partial charge in [0, 0.05) is 30.2 Å². The van der Waals surface area contributed by atoms with Crippen molar-refractivity contribution in [2.75, 3.05) is 13.1 Å². The summed E-state index contributed by atoms with van der Waals surface area (Å²) < 4.78 is 6.00. The molecule has 0 saturated heterocycles. The number of halogens is 1. The second-order valence-corrected chi connectivity index (χ2v) is 7.20. The Balaban J connectivity index is 1.49. The van der Waals surface area contributed by atoms with Gasteiger partial charge in [-0.15, -0.1) is 0 Å². The monoisotopic (exact) mass is 352 g/mol. The second-order valence-electron chi connectivity index (χ2n) is 6.76. The molecule has 3 aromatic rings. The first kappa shape index (κ1) is 16.4. The van der Waals surface area contributed by atoms with Crippen molar-refractivity contribution in [2.24, 2.45) is 0 Å². The molecule has 128 valence electrons. The summed E-state index contributed by atoms with van der Waals surface area (Å²) in [6, 6.07) is 12.3. The Morgan fingerprint density at radius 2 is 1.88 bits per heavy atom. The van der Waals surface area contributed by atoms with Crippen molar-refractivity contribution in [3.8, 4) is 0 Å². The van der Waals surface area contributed by atoms with Crippen molar-refractivity contribution in [1.82, 2.24) is 9.88 Å². The maximum Gasteiger partial charge on any atom is 0.222 e. The minimum atomic E-state index is 0.770. The van der Waals surface area contributed by atoms with Gasteiger partial charge in [-0.2, -0.15) is 0 Å². The van der Waals surface area contributed by atoms with Gasteiger partial charge in [-0.05, 0) is 61.2 Å². The molecule has 0 unspecified atom stereocenters. The first-order valence-electron chi connectivity index (χ1n) is 8.62. The van der Waals surface area contributed by atoms with E-state index in [0.717, 1.165) is 48.1 Å². The molecule has 3 nitrogen and oxygen atoms in total. The van der Waals surface area contributed by atoms with Gasteiger partial charge in [0.15, 0.2) is 5.58 Å². The fourth-order valence-corrected chi connectivity index (χ4v) is 3.34. The van der Waals surface area contributed by atoms with E-state index in [9.17, 15) is 0 Å². The molecule has 0 fully saturated rings. The molecule has 2 heterocycles. The number of fused-ring (bicyclic) bond motifs is 1. The van der Waals surface area contributed by atoms with Crippen LogP contribution in [0.15, 0.2) is 46.9 Å². The number of aryl methyl sites for hydroxylation is 2. The van der Waals surface area contributed by atoms with Gasteiger partial charge in [0.1, 0.15) is 5.52 Å². The number of aromatic nitrogens is 1. The van der Waals surface area contributed by atoms with E-state index >= 15 is 0 Å². The highest BCUT2D eigenvalue weighted by Gasteiger charge is 2.17. The predicted molar refractivity (Wildman–Crippen MR) is 103 cm³/mol. The van der Waals surface area contributed by atoms with Crippen molar-refractivity contribution >= 4 is 28.3 Å². The average molecular weight is 353 g/mol. The first-order chi connectivity index (χ1) is 12.1. The quantitative estimate of drug-likeness (QED) is 0.633. The smallest absolute Gasteiger partial charge is 0.222 e. The van der Waals surface area contributed by atoms with E-state index in [2.05, 4.69) is 54.1 Å². The zero-order valence-corrected chi connectivity index (χ0v) is 15.3. The highest BCUT2D eigenvalue weighted by Crippen LogP contribution is 2.27. The summed E-state index contributed by atoms with van der Waals surface area (Å²) in [5.41, 5.74) is 6.80. The summed E-state index contributed by atoms with van der Waals surface area (Å²) in [4.78, 5) is 7.11. The van der Waals surface area contributed by atoms with Crippen molar-refractivity contribution in [3.05, 3.63) is 70.1 Å². The molecule has 0 radical (unpaired) electrons. The predicted octanol–water partition coefficient (Wildman–Crippen LogP) is 5.39. The van der Waals surface area contributed by atoms with Crippen LogP contribution in [-0.4, -0.2) is 23.0 Å². The van der Waals surface area contributed by atoms with Gasteiger partial charge >= 0.3 is 0 Å².